The van der Waals surface area contributed by atoms with Gasteiger partial charge in [0.05, 0.1) is 32.5 Å². The molecule has 0 fully saturated rings. The Labute approximate surface area is 194 Å². The minimum absolute atomic E-state index is 0.234. The van der Waals surface area contributed by atoms with Crippen LogP contribution in [0.3, 0.4) is 0 Å². The number of rotatable bonds is 5. The molecule has 0 saturated carbocycles. The molecule has 0 atom stereocenters. The fraction of sp³-hybridized carbons (Fsp3) is 0.0952. The van der Waals surface area contributed by atoms with Crippen molar-refractivity contribution in [3.05, 3.63) is 86.0 Å². The first-order valence-electron chi connectivity index (χ1n) is 9.57. The van der Waals surface area contributed by atoms with E-state index in [-0.39, 0.29) is 12.1 Å². The molecule has 34 heavy (non-hydrogen) atoms. The second-order valence-corrected chi connectivity index (χ2v) is 8.23. The van der Waals surface area contributed by atoms with Crippen LogP contribution in [0.15, 0.2) is 69.5 Å². The predicted octanol–water partition coefficient (Wildman–Crippen LogP) is 6.57. The van der Waals surface area contributed by atoms with Crippen molar-refractivity contribution < 1.29 is 23.0 Å². The molecule has 13 heteroatoms. The number of para-hydroxylation sites is 1. The van der Waals surface area contributed by atoms with Gasteiger partial charge in [0.25, 0.3) is 0 Å². The van der Waals surface area contributed by atoms with E-state index in [1.807, 2.05) is 30.3 Å². The van der Waals surface area contributed by atoms with Crippen LogP contribution in [0.1, 0.15) is 18.1 Å². The van der Waals surface area contributed by atoms with Crippen LogP contribution >= 0.6 is 11.8 Å². The normalized spacial score (nSPS) is 12.9. The first-order valence-corrected chi connectivity index (χ1v) is 10.4. The molecule has 2 N–H and O–H groups in total. The van der Waals surface area contributed by atoms with Crippen LogP contribution in [0.2, 0.25) is 0 Å². The van der Waals surface area contributed by atoms with E-state index in [9.17, 15) is 33.4 Å². The van der Waals surface area contributed by atoms with Gasteiger partial charge in [0, 0.05) is 21.9 Å². The topological polar surface area (TPSA) is 123 Å². The maximum Gasteiger partial charge on any atom is 0.416 e. The summed E-state index contributed by atoms with van der Waals surface area (Å²) in [6, 6.07) is 13.6. The lowest BCUT2D eigenvalue weighted by molar-refractivity contribution is -0.392. The van der Waals surface area contributed by atoms with Gasteiger partial charge in [-0.05, 0) is 36.8 Å². The number of hydrazone groups is 1. The van der Waals surface area contributed by atoms with Crippen LogP contribution < -0.4 is 10.7 Å². The highest BCUT2D eigenvalue weighted by molar-refractivity contribution is 7.99. The van der Waals surface area contributed by atoms with Gasteiger partial charge in [0.2, 0.25) is 5.69 Å². The van der Waals surface area contributed by atoms with E-state index in [0.29, 0.717) is 11.3 Å². The summed E-state index contributed by atoms with van der Waals surface area (Å²) < 4.78 is 39.2. The summed E-state index contributed by atoms with van der Waals surface area (Å²) in [5, 5.41) is 30.0. The Hall–Kier alpha value is -4.13. The van der Waals surface area contributed by atoms with Crippen LogP contribution in [0.25, 0.3) is 0 Å². The van der Waals surface area contributed by atoms with Crippen LogP contribution in [0.5, 0.6) is 0 Å². The lowest BCUT2D eigenvalue weighted by Crippen LogP contribution is -2.10. The molecule has 0 bridgehead atoms. The molecule has 4 rings (SSSR count). The maximum absolute atomic E-state index is 13.1. The van der Waals surface area contributed by atoms with Gasteiger partial charge in [-0.3, -0.25) is 25.7 Å². The molecule has 0 unspecified atom stereocenters. The number of alkyl halides is 3. The molecular formula is C21H14F3N5O4S. The standard InChI is InChI=1S/C21H14F3N5O4S/c1-11(12-6-7-19-15(8-12)25-14-4-2-3-5-18(14)34-19)26-27-20-16(28(30)31)9-13(21(22,23)24)10-17(20)29(32)33/h2-10,25,27H,1H3. The SMILES string of the molecule is CC(=NNc1c([N+](=O)[O-])cc(C(F)(F)F)cc1[N+](=O)[O-])c1ccc2c(c1)Nc1ccccc1S2. The van der Waals surface area contributed by atoms with Gasteiger partial charge in [0.15, 0.2) is 0 Å². The summed E-state index contributed by atoms with van der Waals surface area (Å²) in [5.74, 6) is 0. The number of benzene rings is 3. The van der Waals surface area contributed by atoms with Crippen molar-refractivity contribution >= 4 is 45.9 Å². The second kappa shape index (κ2) is 8.67. The summed E-state index contributed by atoms with van der Waals surface area (Å²) in [7, 11) is 0. The summed E-state index contributed by atoms with van der Waals surface area (Å²) in [6.07, 6.45) is -5.00. The van der Waals surface area contributed by atoms with E-state index < -0.39 is 38.6 Å². The predicted molar refractivity (Wildman–Crippen MR) is 121 cm³/mol. The first kappa shape index (κ1) is 23.0. The Kier molecular flexibility index (Phi) is 5.87. The smallest absolute Gasteiger partial charge is 0.354 e. The highest BCUT2D eigenvalue weighted by Gasteiger charge is 2.37. The van der Waals surface area contributed by atoms with Crippen molar-refractivity contribution in [2.75, 3.05) is 10.7 Å². The first-order chi connectivity index (χ1) is 16.0. The van der Waals surface area contributed by atoms with Crippen LogP contribution in [-0.4, -0.2) is 15.6 Å². The quantitative estimate of drug-likeness (QED) is 0.185. The Morgan fingerprint density at radius 2 is 1.59 bits per heavy atom. The number of nitro groups is 2. The molecule has 1 aliphatic rings. The fourth-order valence-corrected chi connectivity index (χ4v) is 4.22. The van der Waals surface area contributed by atoms with Gasteiger partial charge < -0.3 is 5.32 Å². The number of halogens is 3. The molecule has 0 amide bonds. The minimum atomic E-state index is -5.00. The van der Waals surface area contributed by atoms with Crippen molar-refractivity contribution in [1.29, 1.82) is 0 Å². The van der Waals surface area contributed by atoms with Crippen molar-refractivity contribution in [1.82, 2.24) is 0 Å². The van der Waals surface area contributed by atoms with E-state index in [2.05, 4.69) is 15.8 Å². The monoisotopic (exact) mass is 489 g/mol. The van der Waals surface area contributed by atoms with Crippen molar-refractivity contribution in [2.45, 2.75) is 22.9 Å². The number of hydrogen-bond acceptors (Lipinski definition) is 8. The number of fused-ring (bicyclic) bond motifs is 2. The lowest BCUT2D eigenvalue weighted by Gasteiger charge is -2.21. The zero-order valence-electron chi connectivity index (χ0n) is 17.2. The molecule has 1 aliphatic heterocycles. The number of nitro benzene ring substituents is 2. The van der Waals surface area contributed by atoms with E-state index in [0.717, 1.165) is 21.2 Å². The summed E-state index contributed by atoms with van der Waals surface area (Å²) in [4.78, 5) is 22.5. The van der Waals surface area contributed by atoms with Gasteiger partial charge in [-0.2, -0.15) is 18.3 Å². The van der Waals surface area contributed by atoms with Crippen LogP contribution in [0.4, 0.5) is 41.6 Å². The summed E-state index contributed by atoms with van der Waals surface area (Å²) in [6.45, 7) is 1.56. The van der Waals surface area contributed by atoms with Crippen LogP contribution in [-0.2, 0) is 6.18 Å². The Morgan fingerprint density at radius 1 is 0.971 bits per heavy atom. The molecule has 0 aromatic heterocycles. The third-order valence-corrected chi connectivity index (χ3v) is 6.08. The Morgan fingerprint density at radius 3 is 2.21 bits per heavy atom. The lowest BCUT2D eigenvalue weighted by atomic mass is 10.1. The minimum Gasteiger partial charge on any atom is -0.354 e. The molecule has 0 spiro atoms. The number of nitrogens with zero attached hydrogens (tertiary/aromatic N) is 3. The van der Waals surface area contributed by atoms with E-state index in [1.54, 1.807) is 30.8 Å². The molecule has 0 saturated heterocycles. The zero-order chi connectivity index (χ0) is 24.6. The third kappa shape index (κ3) is 4.50. The van der Waals surface area contributed by atoms with Gasteiger partial charge in [-0.25, -0.2) is 0 Å². The molecule has 0 radical (unpaired) electrons. The molecule has 9 nitrogen and oxygen atoms in total. The van der Waals surface area contributed by atoms with Gasteiger partial charge in [0.1, 0.15) is 0 Å². The maximum atomic E-state index is 13.1. The van der Waals surface area contributed by atoms with E-state index >= 15 is 0 Å². The fourth-order valence-electron chi connectivity index (χ4n) is 3.25. The molecular weight excluding hydrogens is 475 g/mol. The Balaban J connectivity index is 1.68. The summed E-state index contributed by atoms with van der Waals surface area (Å²) >= 11 is 1.57. The molecule has 3 aromatic rings. The molecule has 3 aromatic carbocycles. The average Bonchev–Trinajstić information content (AvgIpc) is 2.79. The second-order valence-electron chi connectivity index (χ2n) is 7.14. The zero-order valence-corrected chi connectivity index (χ0v) is 18.0. The highest BCUT2D eigenvalue weighted by Crippen LogP contribution is 2.44. The van der Waals surface area contributed by atoms with Crippen molar-refractivity contribution in [3.8, 4) is 0 Å². The van der Waals surface area contributed by atoms with Gasteiger partial charge >= 0.3 is 17.6 Å². The number of anilines is 3. The van der Waals surface area contributed by atoms with Gasteiger partial charge in [-0.1, -0.05) is 30.0 Å². The average molecular weight is 489 g/mol. The van der Waals surface area contributed by atoms with E-state index in [1.165, 1.54) is 0 Å². The number of nitrogens with one attached hydrogen (secondary N) is 2. The third-order valence-electron chi connectivity index (χ3n) is 4.93. The van der Waals surface area contributed by atoms with Crippen molar-refractivity contribution in [2.24, 2.45) is 5.10 Å². The highest BCUT2D eigenvalue weighted by atomic mass is 32.2. The van der Waals surface area contributed by atoms with Crippen LogP contribution in [0, 0.1) is 20.2 Å². The molecule has 0 aliphatic carbocycles. The Bertz CT molecular complexity index is 1330. The largest absolute Gasteiger partial charge is 0.416 e. The summed E-state index contributed by atoms with van der Waals surface area (Å²) in [5.41, 5.74) is 0.359. The number of hydrogen-bond donors (Lipinski definition) is 2. The van der Waals surface area contributed by atoms with Crippen molar-refractivity contribution in [3.63, 3.8) is 0 Å². The molecule has 174 valence electrons. The molecule has 1 heterocycles. The van der Waals surface area contributed by atoms with E-state index in [4.69, 9.17) is 0 Å². The van der Waals surface area contributed by atoms with Gasteiger partial charge in [-0.15, -0.1) is 0 Å².